The van der Waals surface area contributed by atoms with Crippen LogP contribution in [0.25, 0.3) is 0 Å². The number of hydrogen-bond donors (Lipinski definition) is 2. The van der Waals surface area contributed by atoms with Crippen molar-refractivity contribution < 1.29 is 8.42 Å². The fraction of sp³-hybridized carbons (Fsp3) is 0.667. The Morgan fingerprint density at radius 3 is 2.69 bits per heavy atom. The van der Waals surface area contributed by atoms with E-state index in [9.17, 15) is 8.42 Å². The zero-order valence-electron chi connectivity index (χ0n) is 9.60. The first-order chi connectivity index (χ1) is 7.50. The highest BCUT2D eigenvalue weighted by Crippen LogP contribution is 2.13. The predicted octanol–water partition coefficient (Wildman–Crippen LogP) is 0.0500. The molecule has 1 aromatic rings. The van der Waals surface area contributed by atoms with Gasteiger partial charge >= 0.3 is 0 Å². The van der Waals surface area contributed by atoms with Gasteiger partial charge in [-0.3, -0.25) is 4.68 Å². The Kier molecular flexibility index (Phi) is 4.45. The normalized spacial score (nSPS) is 11.9. The van der Waals surface area contributed by atoms with Crippen molar-refractivity contribution >= 4 is 10.0 Å². The molecule has 0 bridgehead atoms. The maximum atomic E-state index is 11.4. The smallest absolute Gasteiger partial charge is 0.255 e. The molecule has 1 aromatic heterocycles. The van der Waals surface area contributed by atoms with E-state index in [-0.39, 0.29) is 5.03 Å². The minimum absolute atomic E-state index is 0.110. The molecule has 0 aromatic carbocycles. The third-order valence-corrected chi connectivity index (χ3v) is 3.19. The van der Waals surface area contributed by atoms with Gasteiger partial charge in [-0.1, -0.05) is 6.92 Å². The summed E-state index contributed by atoms with van der Waals surface area (Å²) < 4.78 is 24.2. The number of rotatable bonds is 6. The zero-order valence-corrected chi connectivity index (χ0v) is 10.4. The van der Waals surface area contributed by atoms with E-state index in [4.69, 9.17) is 5.14 Å². The predicted molar refractivity (Wildman–Crippen MR) is 61.3 cm³/mol. The number of nitrogens with two attached hydrogens (primary N) is 1. The molecule has 0 saturated heterocycles. The van der Waals surface area contributed by atoms with Crippen molar-refractivity contribution in [3.05, 3.63) is 11.8 Å². The molecule has 92 valence electrons. The van der Waals surface area contributed by atoms with Crippen LogP contribution in [0.4, 0.5) is 0 Å². The fourth-order valence-corrected chi connectivity index (χ4v) is 2.45. The molecule has 0 amide bonds. The van der Waals surface area contributed by atoms with Crippen molar-refractivity contribution in [3.63, 3.8) is 0 Å². The molecule has 0 aliphatic carbocycles. The number of primary sulfonamides is 1. The Labute approximate surface area is 95.9 Å². The monoisotopic (exact) mass is 246 g/mol. The van der Waals surface area contributed by atoms with E-state index in [1.54, 1.807) is 6.20 Å². The van der Waals surface area contributed by atoms with Crippen LogP contribution >= 0.6 is 0 Å². The van der Waals surface area contributed by atoms with E-state index in [2.05, 4.69) is 10.4 Å². The molecular weight excluding hydrogens is 228 g/mol. The third-order valence-electron chi connectivity index (χ3n) is 2.17. The summed E-state index contributed by atoms with van der Waals surface area (Å²) in [4.78, 5) is 0. The Morgan fingerprint density at radius 1 is 1.50 bits per heavy atom. The molecule has 0 saturated carbocycles. The van der Waals surface area contributed by atoms with E-state index in [0.717, 1.165) is 13.0 Å². The highest BCUT2D eigenvalue weighted by molar-refractivity contribution is 7.89. The van der Waals surface area contributed by atoms with Crippen molar-refractivity contribution in [1.29, 1.82) is 0 Å². The van der Waals surface area contributed by atoms with Gasteiger partial charge in [-0.2, -0.15) is 5.10 Å². The maximum Gasteiger partial charge on any atom is 0.255 e. The van der Waals surface area contributed by atoms with E-state index in [1.165, 1.54) is 4.68 Å². The van der Waals surface area contributed by atoms with E-state index in [1.807, 2.05) is 13.8 Å². The van der Waals surface area contributed by atoms with Crippen molar-refractivity contribution in [2.45, 2.75) is 38.4 Å². The maximum absolute atomic E-state index is 11.4. The number of aryl methyl sites for hydroxylation is 1. The first-order valence-corrected chi connectivity index (χ1v) is 6.83. The number of hydrogen-bond acceptors (Lipinski definition) is 4. The second kappa shape index (κ2) is 5.42. The molecule has 7 heteroatoms. The first-order valence-electron chi connectivity index (χ1n) is 5.28. The van der Waals surface area contributed by atoms with Crippen molar-refractivity contribution in [1.82, 2.24) is 15.1 Å². The van der Waals surface area contributed by atoms with Crippen LogP contribution in [-0.4, -0.2) is 24.7 Å². The SMILES string of the molecule is CCCNCc1cnn(CC)c1S(N)(=O)=O. The largest absolute Gasteiger partial charge is 0.313 e. The van der Waals surface area contributed by atoms with Crippen LogP contribution < -0.4 is 10.5 Å². The van der Waals surface area contributed by atoms with E-state index < -0.39 is 10.0 Å². The van der Waals surface area contributed by atoms with Gasteiger partial charge in [-0.15, -0.1) is 0 Å². The fourth-order valence-electron chi connectivity index (χ4n) is 1.49. The Hall–Kier alpha value is -0.920. The topological polar surface area (TPSA) is 90.0 Å². The lowest BCUT2D eigenvalue weighted by molar-refractivity contribution is 0.549. The summed E-state index contributed by atoms with van der Waals surface area (Å²) in [5, 5.41) is 12.4. The average molecular weight is 246 g/mol. The molecule has 0 spiro atoms. The van der Waals surface area contributed by atoms with Gasteiger partial charge in [0, 0.05) is 18.7 Å². The molecule has 6 nitrogen and oxygen atoms in total. The molecule has 0 radical (unpaired) electrons. The molecular formula is C9H18N4O2S. The standard InChI is InChI=1S/C9H18N4O2S/c1-3-5-11-6-8-7-12-13(4-2)9(8)16(10,14)15/h7,11H,3-6H2,1-2H3,(H2,10,14,15). The van der Waals surface area contributed by atoms with Crippen LogP contribution in [0.5, 0.6) is 0 Å². The van der Waals surface area contributed by atoms with Crippen molar-refractivity contribution in [2.24, 2.45) is 5.14 Å². The van der Waals surface area contributed by atoms with Gasteiger partial charge in [-0.05, 0) is 19.9 Å². The lowest BCUT2D eigenvalue weighted by Gasteiger charge is -2.06. The van der Waals surface area contributed by atoms with Gasteiger partial charge in [0.1, 0.15) is 0 Å². The molecule has 1 rings (SSSR count). The summed E-state index contributed by atoms with van der Waals surface area (Å²) in [6.45, 7) is 5.66. The summed E-state index contributed by atoms with van der Waals surface area (Å²) in [5.41, 5.74) is 0.623. The molecule has 1 heterocycles. The summed E-state index contributed by atoms with van der Waals surface area (Å²) in [7, 11) is -3.71. The highest BCUT2D eigenvalue weighted by atomic mass is 32.2. The van der Waals surface area contributed by atoms with Crippen molar-refractivity contribution in [2.75, 3.05) is 6.54 Å². The second-order valence-corrected chi connectivity index (χ2v) is 4.99. The van der Waals surface area contributed by atoms with E-state index >= 15 is 0 Å². The molecule has 0 aliphatic heterocycles. The quantitative estimate of drug-likeness (QED) is 0.694. The van der Waals surface area contributed by atoms with Gasteiger partial charge < -0.3 is 5.32 Å². The summed E-state index contributed by atoms with van der Waals surface area (Å²) >= 11 is 0. The Morgan fingerprint density at radius 2 is 2.19 bits per heavy atom. The van der Waals surface area contributed by atoms with Crippen LogP contribution in [0.15, 0.2) is 11.2 Å². The lowest BCUT2D eigenvalue weighted by atomic mass is 10.3. The zero-order chi connectivity index (χ0) is 12.2. The van der Waals surface area contributed by atoms with Gasteiger partial charge in [0.25, 0.3) is 10.0 Å². The van der Waals surface area contributed by atoms with Gasteiger partial charge in [0.15, 0.2) is 5.03 Å². The molecule has 0 unspecified atom stereocenters. The molecule has 0 fully saturated rings. The number of nitrogens with one attached hydrogen (secondary N) is 1. The van der Waals surface area contributed by atoms with Gasteiger partial charge in [0.2, 0.25) is 0 Å². The van der Waals surface area contributed by atoms with Gasteiger partial charge in [-0.25, -0.2) is 13.6 Å². The summed E-state index contributed by atoms with van der Waals surface area (Å²) in [6.07, 6.45) is 2.54. The number of nitrogens with zero attached hydrogens (tertiary/aromatic N) is 2. The van der Waals surface area contributed by atoms with Crippen LogP contribution in [0, 0.1) is 0 Å². The lowest BCUT2D eigenvalue weighted by Crippen LogP contribution is -2.21. The minimum atomic E-state index is -3.71. The number of aromatic nitrogens is 2. The average Bonchev–Trinajstić information content (AvgIpc) is 2.61. The third kappa shape index (κ3) is 3.03. The summed E-state index contributed by atoms with van der Waals surface area (Å²) in [6, 6.07) is 0. The molecule has 0 aliphatic rings. The second-order valence-electron chi connectivity index (χ2n) is 3.51. The molecule has 3 N–H and O–H groups in total. The van der Waals surface area contributed by atoms with Crippen LogP contribution in [-0.2, 0) is 23.1 Å². The Bertz CT molecular complexity index is 438. The minimum Gasteiger partial charge on any atom is -0.313 e. The van der Waals surface area contributed by atoms with Crippen molar-refractivity contribution in [3.8, 4) is 0 Å². The van der Waals surface area contributed by atoms with E-state index in [0.29, 0.717) is 18.7 Å². The molecule has 16 heavy (non-hydrogen) atoms. The van der Waals surface area contributed by atoms with Crippen LogP contribution in [0.1, 0.15) is 25.8 Å². The Balaban J connectivity index is 2.97. The van der Waals surface area contributed by atoms with Crippen LogP contribution in [0.2, 0.25) is 0 Å². The van der Waals surface area contributed by atoms with Crippen LogP contribution in [0.3, 0.4) is 0 Å². The summed E-state index contributed by atoms with van der Waals surface area (Å²) in [5.74, 6) is 0. The number of sulfonamides is 1. The first kappa shape index (κ1) is 13.1. The highest BCUT2D eigenvalue weighted by Gasteiger charge is 2.19. The van der Waals surface area contributed by atoms with Gasteiger partial charge in [0.05, 0.1) is 6.20 Å². The molecule has 0 atom stereocenters.